The second-order valence-corrected chi connectivity index (χ2v) is 7.57. The van der Waals surface area contributed by atoms with Crippen molar-refractivity contribution in [3.8, 4) is 0 Å². The molecule has 10 nitrogen and oxygen atoms in total. The third kappa shape index (κ3) is 4.39. The first-order valence-electron chi connectivity index (χ1n) is 10.3. The standard InChI is InChI=1S/C22H22N4O6/c27-20(23-11-13-24(14-12-23)21(28)16-5-2-1-3-6-16)7-4-10-25-18-9-8-17(26(30)31)15-19(18)32-22(25)29/h1-3,5-6,8-9,15H,4,7,10-14H2. The third-order valence-electron chi connectivity index (χ3n) is 5.58. The Balaban J connectivity index is 1.30. The first kappa shape index (κ1) is 21.3. The van der Waals surface area contributed by atoms with Crippen molar-refractivity contribution in [1.29, 1.82) is 0 Å². The van der Waals surface area contributed by atoms with E-state index in [9.17, 15) is 24.5 Å². The largest absolute Gasteiger partial charge is 0.419 e. The number of nitrogens with zero attached hydrogens (tertiary/aromatic N) is 4. The zero-order valence-corrected chi connectivity index (χ0v) is 17.3. The van der Waals surface area contributed by atoms with E-state index in [1.165, 1.54) is 22.8 Å². The Hall–Kier alpha value is -3.95. The van der Waals surface area contributed by atoms with Crippen LogP contribution in [0, 0.1) is 10.1 Å². The molecule has 0 saturated carbocycles. The smallest absolute Gasteiger partial charge is 0.407 e. The molecule has 2 heterocycles. The van der Waals surface area contributed by atoms with E-state index in [0.29, 0.717) is 43.7 Å². The van der Waals surface area contributed by atoms with E-state index in [0.717, 1.165) is 0 Å². The molecule has 1 saturated heterocycles. The molecule has 1 aromatic heterocycles. The maximum Gasteiger partial charge on any atom is 0.419 e. The highest BCUT2D eigenvalue weighted by molar-refractivity contribution is 5.94. The molecule has 0 N–H and O–H groups in total. The van der Waals surface area contributed by atoms with Crippen molar-refractivity contribution in [1.82, 2.24) is 14.4 Å². The summed E-state index contributed by atoms with van der Waals surface area (Å²) in [5.74, 6) is -0.682. The molecule has 0 spiro atoms. The van der Waals surface area contributed by atoms with Crippen molar-refractivity contribution in [2.45, 2.75) is 19.4 Å². The number of hydrogen-bond donors (Lipinski definition) is 0. The summed E-state index contributed by atoms with van der Waals surface area (Å²) in [4.78, 5) is 51.0. The summed E-state index contributed by atoms with van der Waals surface area (Å²) in [6.45, 7) is 2.15. The molecule has 0 unspecified atom stereocenters. The van der Waals surface area contributed by atoms with Gasteiger partial charge in [0, 0.05) is 50.8 Å². The minimum Gasteiger partial charge on any atom is -0.407 e. The molecule has 2 amide bonds. The van der Waals surface area contributed by atoms with Gasteiger partial charge in [0.05, 0.1) is 16.5 Å². The zero-order chi connectivity index (χ0) is 22.7. The minimum absolute atomic E-state index is 0.0340. The van der Waals surface area contributed by atoms with E-state index in [1.807, 2.05) is 18.2 Å². The van der Waals surface area contributed by atoms with Gasteiger partial charge in [-0.05, 0) is 24.6 Å². The topological polar surface area (TPSA) is 119 Å². The number of piperazine rings is 1. The molecule has 166 valence electrons. The number of aryl methyl sites for hydroxylation is 1. The Bertz CT molecular complexity index is 1210. The van der Waals surface area contributed by atoms with Crippen LogP contribution in [0.1, 0.15) is 23.2 Å². The summed E-state index contributed by atoms with van der Waals surface area (Å²) in [6.07, 6.45) is 0.673. The molecule has 10 heteroatoms. The van der Waals surface area contributed by atoms with Gasteiger partial charge in [0.2, 0.25) is 5.91 Å². The summed E-state index contributed by atoms with van der Waals surface area (Å²) in [6, 6.07) is 13.1. The Morgan fingerprint density at radius 1 is 1.00 bits per heavy atom. The van der Waals surface area contributed by atoms with Gasteiger partial charge in [-0.1, -0.05) is 18.2 Å². The zero-order valence-electron chi connectivity index (χ0n) is 17.3. The van der Waals surface area contributed by atoms with Crippen LogP contribution in [0.3, 0.4) is 0 Å². The maximum absolute atomic E-state index is 12.6. The van der Waals surface area contributed by atoms with Crippen LogP contribution < -0.4 is 5.76 Å². The fourth-order valence-electron chi connectivity index (χ4n) is 3.85. The molecular formula is C22H22N4O6. The average Bonchev–Trinajstić information content (AvgIpc) is 3.13. The second-order valence-electron chi connectivity index (χ2n) is 7.57. The molecule has 0 aliphatic carbocycles. The van der Waals surface area contributed by atoms with Crippen LogP contribution in [0.2, 0.25) is 0 Å². The van der Waals surface area contributed by atoms with Crippen molar-refractivity contribution in [3.05, 3.63) is 74.8 Å². The molecule has 4 rings (SSSR count). The summed E-state index contributed by atoms with van der Waals surface area (Å²) in [5.41, 5.74) is 1.09. The highest BCUT2D eigenvalue weighted by Crippen LogP contribution is 2.20. The van der Waals surface area contributed by atoms with Gasteiger partial charge >= 0.3 is 5.76 Å². The van der Waals surface area contributed by atoms with Crippen LogP contribution in [0.15, 0.2) is 57.7 Å². The van der Waals surface area contributed by atoms with E-state index < -0.39 is 10.7 Å². The van der Waals surface area contributed by atoms with Gasteiger partial charge in [0.15, 0.2) is 5.58 Å². The van der Waals surface area contributed by atoms with Crippen molar-refractivity contribution >= 4 is 28.6 Å². The van der Waals surface area contributed by atoms with Crippen molar-refractivity contribution in [2.24, 2.45) is 0 Å². The first-order valence-corrected chi connectivity index (χ1v) is 10.3. The minimum atomic E-state index is -0.610. The summed E-state index contributed by atoms with van der Waals surface area (Å²) in [7, 11) is 0. The number of non-ortho nitro benzene ring substituents is 1. The number of carbonyl (C=O) groups is 2. The SMILES string of the molecule is O=C(CCCn1c(=O)oc2cc([N+](=O)[O-])ccc21)N1CCN(C(=O)c2ccccc2)CC1. The first-order chi connectivity index (χ1) is 15.4. The predicted octanol–water partition coefficient (Wildman–Crippen LogP) is 2.27. The number of hydrogen-bond acceptors (Lipinski definition) is 6. The highest BCUT2D eigenvalue weighted by Gasteiger charge is 2.24. The number of carbonyl (C=O) groups excluding carboxylic acids is 2. The average molecular weight is 438 g/mol. The number of oxazole rings is 1. The maximum atomic E-state index is 12.6. The number of nitro benzene ring substituents is 1. The van der Waals surface area contributed by atoms with Crippen LogP contribution >= 0.6 is 0 Å². The van der Waals surface area contributed by atoms with Crippen molar-refractivity contribution in [2.75, 3.05) is 26.2 Å². The fraction of sp³-hybridized carbons (Fsp3) is 0.318. The molecule has 0 bridgehead atoms. The monoisotopic (exact) mass is 438 g/mol. The van der Waals surface area contributed by atoms with E-state index >= 15 is 0 Å². The van der Waals surface area contributed by atoms with Gasteiger partial charge in [0.25, 0.3) is 11.6 Å². The highest BCUT2D eigenvalue weighted by atomic mass is 16.6. The molecule has 32 heavy (non-hydrogen) atoms. The normalized spacial score (nSPS) is 14.0. The molecule has 1 aliphatic heterocycles. The van der Waals surface area contributed by atoms with Crippen LogP contribution in [0.5, 0.6) is 0 Å². The lowest BCUT2D eigenvalue weighted by Gasteiger charge is -2.35. The quantitative estimate of drug-likeness (QED) is 0.430. The number of fused-ring (bicyclic) bond motifs is 1. The Kier molecular flexibility index (Phi) is 6.02. The van der Waals surface area contributed by atoms with Crippen LogP contribution in [0.25, 0.3) is 11.1 Å². The summed E-state index contributed by atoms with van der Waals surface area (Å²) in [5, 5.41) is 10.9. The van der Waals surface area contributed by atoms with Gasteiger partial charge in [-0.3, -0.25) is 24.3 Å². The van der Waals surface area contributed by atoms with Crippen LogP contribution in [0.4, 0.5) is 5.69 Å². The number of nitro groups is 1. The number of benzene rings is 2. The predicted molar refractivity (Wildman–Crippen MR) is 115 cm³/mol. The fourth-order valence-corrected chi connectivity index (χ4v) is 3.85. The van der Waals surface area contributed by atoms with Gasteiger partial charge in [-0.25, -0.2) is 4.79 Å². The lowest BCUT2D eigenvalue weighted by Crippen LogP contribution is -2.50. The van der Waals surface area contributed by atoms with Gasteiger partial charge in [0.1, 0.15) is 0 Å². The van der Waals surface area contributed by atoms with E-state index in [-0.39, 0.29) is 36.1 Å². The molecule has 0 radical (unpaired) electrons. The van der Waals surface area contributed by atoms with Crippen molar-refractivity contribution < 1.29 is 18.9 Å². The van der Waals surface area contributed by atoms with Crippen molar-refractivity contribution in [3.63, 3.8) is 0 Å². The molecule has 1 fully saturated rings. The van der Waals surface area contributed by atoms with Gasteiger partial charge < -0.3 is 14.2 Å². The third-order valence-corrected chi connectivity index (χ3v) is 5.58. The number of rotatable bonds is 6. The van der Waals surface area contributed by atoms with Gasteiger partial charge in [-0.2, -0.15) is 0 Å². The second kappa shape index (κ2) is 9.04. The summed E-state index contributed by atoms with van der Waals surface area (Å²) >= 11 is 0. The van der Waals surface area contributed by atoms with Crippen LogP contribution in [-0.2, 0) is 11.3 Å². The Morgan fingerprint density at radius 3 is 2.38 bits per heavy atom. The Morgan fingerprint density at radius 2 is 1.69 bits per heavy atom. The lowest BCUT2D eigenvalue weighted by molar-refractivity contribution is -0.384. The van der Waals surface area contributed by atoms with Gasteiger partial charge in [-0.15, -0.1) is 0 Å². The molecule has 2 aromatic carbocycles. The number of amides is 2. The van der Waals surface area contributed by atoms with Crippen LogP contribution in [-0.4, -0.2) is 57.3 Å². The van der Waals surface area contributed by atoms with E-state index in [2.05, 4.69) is 0 Å². The molecular weight excluding hydrogens is 416 g/mol. The lowest BCUT2D eigenvalue weighted by atomic mass is 10.1. The molecule has 3 aromatic rings. The molecule has 1 aliphatic rings. The Labute approximate surface area is 182 Å². The number of aromatic nitrogens is 1. The molecule has 0 atom stereocenters. The van der Waals surface area contributed by atoms with E-state index in [4.69, 9.17) is 4.42 Å². The van der Waals surface area contributed by atoms with E-state index in [1.54, 1.807) is 21.9 Å². The summed E-state index contributed by atoms with van der Waals surface area (Å²) < 4.78 is 6.48.